The van der Waals surface area contributed by atoms with Crippen molar-refractivity contribution in [3.63, 3.8) is 0 Å². The lowest BCUT2D eigenvalue weighted by molar-refractivity contribution is -0.152. The first-order valence-corrected chi connectivity index (χ1v) is 12.3. The summed E-state index contributed by atoms with van der Waals surface area (Å²) in [5.74, 6) is -1.61. The molecule has 4 N–H and O–H groups in total. The summed E-state index contributed by atoms with van der Waals surface area (Å²) in [7, 11) is 0. The largest absolute Gasteiger partial charge is 0.461 e. The zero-order chi connectivity index (χ0) is 26.2. The smallest absolute Gasteiger partial charge is 0.408 e. The molecule has 1 aliphatic heterocycles. The van der Waals surface area contributed by atoms with Gasteiger partial charge in [0, 0.05) is 0 Å². The number of aliphatic hydroxyl groups is 2. The summed E-state index contributed by atoms with van der Waals surface area (Å²) in [6.45, 7) is -0.534. The number of aromatic amines is 1. The van der Waals surface area contributed by atoms with Crippen LogP contribution >= 0.6 is 11.8 Å². The summed E-state index contributed by atoms with van der Waals surface area (Å²) < 4.78 is 29.9. The molecule has 1 amide bonds. The van der Waals surface area contributed by atoms with Gasteiger partial charge >= 0.3 is 17.8 Å². The van der Waals surface area contributed by atoms with Crippen LogP contribution in [0.15, 0.2) is 46.1 Å². The van der Waals surface area contributed by atoms with Crippen molar-refractivity contribution in [2.75, 3.05) is 18.6 Å². The molecule has 1 aromatic carbocycles. The number of amides is 1. The van der Waals surface area contributed by atoms with E-state index in [2.05, 4.69) is 5.32 Å². The Morgan fingerprint density at radius 2 is 1.94 bits per heavy atom. The summed E-state index contributed by atoms with van der Waals surface area (Å²) in [5.41, 5.74) is -1.55. The predicted octanol–water partition coefficient (Wildman–Crippen LogP) is -0.114. The predicted molar refractivity (Wildman–Crippen MR) is 125 cm³/mol. The first kappa shape index (κ1) is 27.4. The molecular formula is C22H26FN3O9S. The molecule has 2 aromatic rings. The molecule has 12 nitrogen and oxygen atoms in total. The van der Waals surface area contributed by atoms with Gasteiger partial charge in [0.05, 0.1) is 6.20 Å². The highest BCUT2D eigenvalue weighted by Gasteiger charge is 2.45. The SMILES string of the molecule is CSCC[C@H](NC(=O)OCc1ccccc1)C(=O)OC[C@@H]1O[C@H](n2cc(F)c(=O)[nH]c2=O)C(O)C1O. The number of thioether (sulfide) groups is 1. The van der Waals surface area contributed by atoms with Gasteiger partial charge in [0.25, 0.3) is 5.56 Å². The molecule has 2 heterocycles. The number of esters is 1. The molecule has 1 aromatic heterocycles. The normalized spacial score (nSPS) is 22.1. The van der Waals surface area contributed by atoms with Crippen LogP contribution in [-0.2, 0) is 25.6 Å². The number of hydrogen-bond acceptors (Lipinski definition) is 10. The van der Waals surface area contributed by atoms with Crippen molar-refractivity contribution >= 4 is 23.8 Å². The van der Waals surface area contributed by atoms with Gasteiger partial charge in [0.2, 0.25) is 5.82 Å². The van der Waals surface area contributed by atoms with Crippen LogP contribution in [0.3, 0.4) is 0 Å². The number of H-pyrrole nitrogens is 1. The zero-order valence-electron chi connectivity index (χ0n) is 19.2. The van der Waals surface area contributed by atoms with Gasteiger partial charge in [-0.1, -0.05) is 30.3 Å². The highest BCUT2D eigenvalue weighted by Crippen LogP contribution is 2.28. The Bertz CT molecular complexity index is 1160. The minimum atomic E-state index is -1.69. The molecule has 0 bridgehead atoms. The van der Waals surface area contributed by atoms with Gasteiger partial charge in [-0.15, -0.1) is 0 Å². The van der Waals surface area contributed by atoms with Crippen molar-refractivity contribution in [2.45, 2.75) is 43.6 Å². The van der Waals surface area contributed by atoms with Gasteiger partial charge < -0.3 is 29.7 Å². The van der Waals surface area contributed by atoms with Crippen LogP contribution in [0.5, 0.6) is 0 Å². The average molecular weight is 528 g/mol. The number of carbonyl (C=O) groups is 2. The van der Waals surface area contributed by atoms with E-state index in [-0.39, 0.29) is 13.0 Å². The number of nitrogens with one attached hydrogen (secondary N) is 2. The van der Waals surface area contributed by atoms with Crippen LogP contribution in [-0.4, -0.2) is 74.8 Å². The first-order chi connectivity index (χ1) is 17.2. The van der Waals surface area contributed by atoms with E-state index < -0.39 is 66.3 Å². The molecule has 1 saturated heterocycles. The van der Waals surface area contributed by atoms with Crippen LogP contribution in [0, 0.1) is 5.82 Å². The lowest BCUT2D eigenvalue weighted by atomic mass is 10.1. The molecule has 36 heavy (non-hydrogen) atoms. The molecule has 1 fully saturated rings. The third-order valence-corrected chi connectivity index (χ3v) is 5.97. The number of carbonyl (C=O) groups excluding carboxylic acids is 2. The van der Waals surface area contributed by atoms with Gasteiger partial charge in [-0.2, -0.15) is 16.2 Å². The van der Waals surface area contributed by atoms with Crippen molar-refractivity contribution in [1.29, 1.82) is 0 Å². The number of rotatable bonds is 10. The van der Waals surface area contributed by atoms with E-state index in [1.165, 1.54) is 11.8 Å². The Labute approximate surface area is 208 Å². The van der Waals surface area contributed by atoms with Gasteiger partial charge in [-0.25, -0.2) is 14.4 Å². The molecular weight excluding hydrogens is 501 g/mol. The average Bonchev–Trinajstić information content (AvgIpc) is 3.15. The van der Waals surface area contributed by atoms with E-state index in [1.807, 2.05) is 12.3 Å². The van der Waals surface area contributed by atoms with Gasteiger partial charge in [-0.05, 0) is 24.0 Å². The van der Waals surface area contributed by atoms with E-state index in [9.17, 15) is 33.8 Å². The van der Waals surface area contributed by atoms with Gasteiger partial charge in [-0.3, -0.25) is 14.3 Å². The third kappa shape index (κ3) is 6.94. The number of halogens is 1. The minimum absolute atomic E-state index is 0.00304. The minimum Gasteiger partial charge on any atom is -0.461 e. The molecule has 1 aliphatic rings. The summed E-state index contributed by atoms with van der Waals surface area (Å²) in [5, 5.41) is 23.0. The number of nitrogens with zero attached hydrogens (tertiary/aromatic N) is 1. The number of aliphatic hydroxyl groups excluding tert-OH is 2. The number of aromatic nitrogens is 2. The second-order valence-electron chi connectivity index (χ2n) is 7.86. The Morgan fingerprint density at radius 1 is 1.22 bits per heavy atom. The molecule has 14 heteroatoms. The molecule has 196 valence electrons. The second-order valence-corrected chi connectivity index (χ2v) is 8.85. The molecule has 2 unspecified atom stereocenters. The second kappa shape index (κ2) is 12.7. The summed E-state index contributed by atoms with van der Waals surface area (Å²) in [6, 6.07) is 7.89. The van der Waals surface area contributed by atoms with Crippen molar-refractivity contribution in [3.8, 4) is 0 Å². The van der Waals surface area contributed by atoms with E-state index in [4.69, 9.17) is 14.2 Å². The van der Waals surface area contributed by atoms with Crippen LogP contribution in [0.4, 0.5) is 9.18 Å². The Kier molecular flexibility index (Phi) is 9.64. The highest BCUT2D eigenvalue weighted by molar-refractivity contribution is 7.98. The Hall–Kier alpha value is -3.20. The van der Waals surface area contributed by atoms with Crippen LogP contribution in [0.25, 0.3) is 0 Å². The molecule has 0 spiro atoms. The molecule has 0 saturated carbocycles. The Morgan fingerprint density at radius 3 is 2.64 bits per heavy atom. The number of ether oxygens (including phenoxy) is 3. The monoisotopic (exact) mass is 527 g/mol. The topological polar surface area (TPSA) is 169 Å². The van der Waals surface area contributed by atoms with Gasteiger partial charge in [0.1, 0.15) is 37.6 Å². The Balaban J connectivity index is 1.58. The number of benzene rings is 1. The maximum Gasteiger partial charge on any atom is 0.408 e. The molecule has 5 atom stereocenters. The van der Waals surface area contributed by atoms with Crippen LogP contribution < -0.4 is 16.6 Å². The van der Waals surface area contributed by atoms with Crippen molar-refractivity contribution in [1.82, 2.24) is 14.9 Å². The van der Waals surface area contributed by atoms with E-state index >= 15 is 0 Å². The fourth-order valence-corrected chi connectivity index (χ4v) is 3.87. The van der Waals surface area contributed by atoms with Crippen LogP contribution in [0.2, 0.25) is 0 Å². The van der Waals surface area contributed by atoms with Crippen molar-refractivity contribution < 1.29 is 38.4 Å². The fourth-order valence-electron chi connectivity index (χ4n) is 3.40. The van der Waals surface area contributed by atoms with Crippen LogP contribution in [0.1, 0.15) is 18.2 Å². The summed E-state index contributed by atoms with van der Waals surface area (Å²) >= 11 is 1.44. The summed E-state index contributed by atoms with van der Waals surface area (Å²) in [4.78, 5) is 49.8. The maximum absolute atomic E-state index is 13.6. The summed E-state index contributed by atoms with van der Waals surface area (Å²) in [6.07, 6.45) is -4.34. The zero-order valence-corrected chi connectivity index (χ0v) is 20.0. The number of alkyl carbamates (subject to hydrolysis) is 1. The lowest BCUT2D eigenvalue weighted by Gasteiger charge is -2.20. The third-order valence-electron chi connectivity index (χ3n) is 5.33. The molecule has 0 aliphatic carbocycles. The van der Waals surface area contributed by atoms with Crippen molar-refractivity contribution in [2.24, 2.45) is 0 Å². The lowest BCUT2D eigenvalue weighted by Crippen LogP contribution is -2.44. The highest BCUT2D eigenvalue weighted by atomic mass is 32.2. The van der Waals surface area contributed by atoms with E-state index in [0.29, 0.717) is 16.5 Å². The molecule has 0 radical (unpaired) electrons. The fraction of sp³-hybridized carbons (Fsp3) is 0.455. The van der Waals surface area contributed by atoms with Gasteiger partial charge in [0.15, 0.2) is 6.23 Å². The molecule has 3 rings (SSSR count). The first-order valence-electron chi connectivity index (χ1n) is 10.9. The maximum atomic E-state index is 13.6. The van der Waals surface area contributed by atoms with E-state index in [0.717, 1.165) is 5.56 Å². The van der Waals surface area contributed by atoms with E-state index in [1.54, 1.807) is 29.2 Å². The van der Waals surface area contributed by atoms with Crippen molar-refractivity contribution in [3.05, 3.63) is 68.7 Å². The number of hydrogen-bond donors (Lipinski definition) is 4. The quantitative estimate of drug-likeness (QED) is 0.306. The standard InChI is InChI=1S/C22H26FN3O9S/c1-36-8-7-14(24-22(32)34-10-12-5-3-2-4-6-12)20(30)33-11-15-16(27)17(28)19(35-15)26-9-13(23)18(29)25-21(26)31/h2-6,9,14-17,19,27-28H,7-8,10-11H2,1H3,(H,24,32)(H,25,29,31)/t14-,15-,16?,17?,19-/m0/s1.